The van der Waals surface area contributed by atoms with Crippen LogP contribution in [0.5, 0.6) is 0 Å². The fourth-order valence-corrected chi connectivity index (χ4v) is 2.67. The third-order valence-electron chi connectivity index (χ3n) is 3.88. The van der Waals surface area contributed by atoms with Gasteiger partial charge < -0.3 is 10.6 Å². The van der Waals surface area contributed by atoms with Crippen molar-refractivity contribution in [1.29, 1.82) is 0 Å². The Hall–Kier alpha value is -1.87. The van der Waals surface area contributed by atoms with Crippen LogP contribution in [-0.2, 0) is 0 Å². The molecule has 0 fully saturated rings. The summed E-state index contributed by atoms with van der Waals surface area (Å²) in [6, 6.07) is 16.9. The minimum Gasteiger partial charge on any atom is -0.355 e. The van der Waals surface area contributed by atoms with Crippen LogP contribution in [0.25, 0.3) is 0 Å². The molecule has 116 valence electrons. The van der Waals surface area contributed by atoms with Gasteiger partial charge >= 0.3 is 0 Å². The normalized spacial score (nSPS) is 12.0. The van der Waals surface area contributed by atoms with Crippen molar-refractivity contribution in [3.05, 3.63) is 65.2 Å². The Balaban J connectivity index is 2.07. The van der Waals surface area contributed by atoms with Crippen molar-refractivity contribution < 1.29 is 0 Å². The topological polar surface area (TPSA) is 24.1 Å². The first kappa shape index (κ1) is 16.5. The first-order valence-corrected chi connectivity index (χ1v) is 8.08. The summed E-state index contributed by atoms with van der Waals surface area (Å²) < 4.78 is 0. The van der Waals surface area contributed by atoms with Gasteiger partial charge in [0.15, 0.2) is 5.11 Å². The number of hydrogen-bond donors (Lipinski definition) is 2. The van der Waals surface area contributed by atoms with Gasteiger partial charge in [-0.25, -0.2) is 0 Å². The van der Waals surface area contributed by atoms with Gasteiger partial charge in [-0.1, -0.05) is 50.2 Å². The van der Waals surface area contributed by atoms with Crippen molar-refractivity contribution in [3.63, 3.8) is 0 Å². The van der Waals surface area contributed by atoms with Crippen LogP contribution < -0.4 is 10.6 Å². The maximum atomic E-state index is 5.49. The molecule has 0 aliphatic heterocycles. The van der Waals surface area contributed by atoms with Crippen LogP contribution >= 0.6 is 12.2 Å². The third kappa shape index (κ3) is 4.31. The van der Waals surface area contributed by atoms with E-state index in [2.05, 4.69) is 80.8 Å². The molecule has 0 spiro atoms. The monoisotopic (exact) mass is 312 g/mol. The standard InChI is InChI=1S/C19H24N2S/c1-13(2)18(16-8-6-5-7-9-16)21-19(22)20-17-11-10-14(3)15(4)12-17/h5-13,18H,1-4H3,(H2,20,21,22)/t18-/m0/s1. The van der Waals surface area contributed by atoms with Crippen molar-refractivity contribution in [3.8, 4) is 0 Å². The van der Waals surface area contributed by atoms with E-state index in [4.69, 9.17) is 12.2 Å². The second-order valence-corrected chi connectivity index (χ2v) is 6.44. The first-order valence-electron chi connectivity index (χ1n) is 7.67. The average molecular weight is 312 g/mol. The molecule has 2 N–H and O–H groups in total. The molecule has 0 aliphatic carbocycles. The van der Waals surface area contributed by atoms with Crippen LogP contribution in [0.2, 0.25) is 0 Å². The highest BCUT2D eigenvalue weighted by Crippen LogP contribution is 2.22. The Morgan fingerprint density at radius 1 is 0.955 bits per heavy atom. The summed E-state index contributed by atoms with van der Waals surface area (Å²) in [6.45, 7) is 8.62. The summed E-state index contributed by atoms with van der Waals surface area (Å²) in [5.41, 5.74) is 4.82. The lowest BCUT2D eigenvalue weighted by molar-refractivity contribution is 0.473. The third-order valence-corrected chi connectivity index (χ3v) is 4.10. The predicted molar refractivity (Wildman–Crippen MR) is 99.3 cm³/mol. The van der Waals surface area contributed by atoms with E-state index in [0.29, 0.717) is 11.0 Å². The van der Waals surface area contributed by atoms with Crippen LogP contribution in [0.4, 0.5) is 5.69 Å². The fourth-order valence-electron chi connectivity index (χ4n) is 2.42. The highest BCUT2D eigenvalue weighted by molar-refractivity contribution is 7.80. The van der Waals surface area contributed by atoms with Crippen LogP contribution in [-0.4, -0.2) is 5.11 Å². The van der Waals surface area contributed by atoms with Crippen molar-refractivity contribution in [2.45, 2.75) is 33.7 Å². The quantitative estimate of drug-likeness (QED) is 0.778. The van der Waals surface area contributed by atoms with E-state index in [-0.39, 0.29) is 6.04 Å². The van der Waals surface area contributed by atoms with Gasteiger partial charge in [0.2, 0.25) is 0 Å². The van der Waals surface area contributed by atoms with Gasteiger partial charge in [-0.15, -0.1) is 0 Å². The molecule has 2 aromatic rings. The lowest BCUT2D eigenvalue weighted by Crippen LogP contribution is -2.34. The Morgan fingerprint density at radius 2 is 1.64 bits per heavy atom. The average Bonchev–Trinajstić information content (AvgIpc) is 2.49. The number of nitrogens with one attached hydrogen (secondary N) is 2. The van der Waals surface area contributed by atoms with Crippen LogP contribution in [0.3, 0.4) is 0 Å². The summed E-state index contributed by atoms with van der Waals surface area (Å²) in [6.07, 6.45) is 0. The second kappa shape index (κ2) is 7.41. The van der Waals surface area contributed by atoms with E-state index >= 15 is 0 Å². The van der Waals surface area contributed by atoms with Gasteiger partial charge in [-0.05, 0) is 60.8 Å². The van der Waals surface area contributed by atoms with E-state index in [1.165, 1.54) is 16.7 Å². The molecular weight excluding hydrogens is 288 g/mol. The molecule has 0 unspecified atom stereocenters. The Labute approximate surface area is 139 Å². The van der Waals surface area contributed by atoms with Crippen molar-refractivity contribution in [1.82, 2.24) is 5.32 Å². The van der Waals surface area contributed by atoms with E-state index in [0.717, 1.165) is 5.69 Å². The number of benzene rings is 2. The zero-order valence-electron chi connectivity index (χ0n) is 13.7. The zero-order valence-corrected chi connectivity index (χ0v) is 14.5. The second-order valence-electron chi connectivity index (χ2n) is 6.03. The van der Waals surface area contributed by atoms with Gasteiger partial charge in [0, 0.05) is 5.69 Å². The minimum atomic E-state index is 0.202. The summed E-state index contributed by atoms with van der Waals surface area (Å²) in [5, 5.41) is 7.38. The molecule has 0 bridgehead atoms. The maximum Gasteiger partial charge on any atom is 0.171 e. The summed E-state index contributed by atoms with van der Waals surface area (Å²) >= 11 is 5.49. The van der Waals surface area contributed by atoms with Gasteiger partial charge in [0.25, 0.3) is 0 Å². The molecule has 0 saturated carbocycles. The van der Waals surface area contributed by atoms with Crippen LogP contribution in [0.15, 0.2) is 48.5 Å². The Morgan fingerprint density at radius 3 is 2.23 bits per heavy atom. The van der Waals surface area contributed by atoms with Gasteiger partial charge in [-0.2, -0.15) is 0 Å². The zero-order chi connectivity index (χ0) is 16.1. The summed E-state index contributed by atoms with van der Waals surface area (Å²) in [7, 11) is 0. The van der Waals surface area contributed by atoms with Crippen LogP contribution in [0, 0.1) is 19.8 Å². The predicted octanol–water partition coefficient (Wildman–Crippen LogP) is 4.99. The highest BCUT2D eigenvalue weighted by atomic mass is 32.1. The number of rotatable bonds is 4. The van der Waals surface area contributed by atoms with E-state index in [9.17, 15) is 0 Å². The van der Waals surface area contributed by atoms with Crippen molar-refractivity contribution in [2.75, 3.05) is 5.32 Å². The molecule has 0 aliphatic rings. The van der Waals surface area contributed by atoms with Crippen molar-refractivity contribution >= 4 is 23.0 Å². The van der Waals surface area contributed by atoms with Crippen LogP contribution in [0.1, 0.15) is 36.6 Å². The number of aryl methyl sites for hydroxylation is 2. The highest BCUT2D eigenvalue weighted by Gasteiger charge is 2.16. The molecule has 0 saturated heterocycles. The van der Waals surface area contributed by atoms with E-state index in [1.54, 1.807) is 0 Å². The maximum absolute atomic E-state index is 5.49. The van der Waals surface area contributed by atoms with Gasteiger partial charge in [0.05, 0.1) is 6.04 Å². The minimum absolute atomic E-state index is 0.202. The summed E-state index contributed by atoms with van der Waals surface area (Å²) in [5.74, 6) is 0.446. The molecule has 0 amide bonds. The molecule has 2 nitrogen and oxygen atoms in total. The lowest BCUT2D eigenvalue weighted by Gasteiger charge is -2.25. The SMILES string of the molecule is Cc1ccc(NC(=S)N[C@H](c2ccccc2)C(C)C)cc1C. The molecule has 1 atom stereocenters. The molecular formula is C19H24N2S. The fraction of sp³-hybridized carbons (Fsp3) is 0.316. The van der Waals surface area contributed by atoms with Gasteiger partial charge in [-0.3, -0.25) is 0 Å². The lowest BCUT2D eigenvalue weighted by atomic mass is 9.96. The molecule has 0 aromatic heterocycles. The smallest absolute Gasteiger partial charge is 0.171 e. The molecule has 3 heteroatoms. The Bertz CT molecular complexity index is 635. The molecule has 22 heavy (non-hydrogen) atoms. The number of hydrogen-bond acceptors (Lipinski definition) is 1. The Kier molecular flexibility index (Phi) is 5.56. The molecule has 0 heterocycles. The summed E-state index contributed by atoms with van der Waals surface area (Å²) in [4.78, 5) is 0. The van der Waals surface area contributed by atoms with Gasteiger partial charge in [0.1, 0.15) is 0 Å². The largest absolute Gasteiger partial charge is 0.355 e. The molecule has 0 radical (unpaired) electrons. The van der Waals surface area contributed by atoms with E-state index < -0.39 is 0 Å². The molecule has 2 aromatic carbocycles. The van der Waals surface area contributed by atoms with E-state index in [1.807, 2.05) is 6.07 Å². The first-order chi connectivity index (χ1) is 10.5. The number of anilines is 1. The number of thiocarbonyl (C=S) groups is 1. The molecule has 2 rings (SSSR count). The van der Waals surface area contributed by atoms with Crippen molar-refractivity contribution in [2.24, 2.45) is 5.92 Å².